The van der Waals surface area contributed by atoms with Crippen molar-refractivity contribution < 1.29 is 0 Å². The summed E-state index contributed by atoms with van der Waals surface area (Å²) < 4.78 is 0. The van der Waals surface area contributed by atoms with E-state index in [2.05, 4.69) is 42.3 Å². The molecule has 2 nitrogen and oxygen atoms in total. The highest BCUT2D eigenvalue weighted by atomic mass is 15.0. The smallest absolute Gasteiger partial charge is 0.126 e. The molecule has 82 valence electrons. The van der Waals surface area contributed by atoms with Crippen LogP contribution >= 0.6 is 0 Å². The molecule has 2 heteroatoms. The summed E-state index contributed by atoms with van der Waals surface area (Å²) in [6.45, 7) is 4.22. The van der Waals surface area contributed by atoms with E-state index in [1.165, 1.54) is 16.7 Å². The van der Waals surface area contributed by atoms with E-state index >= 15 is 0 Å². The molecule has 0 saturated heterocycles. The van der Waals surface area contributed by atoms with Crippen molar-refractivity contribution in [3.63, 3.8) is 0 Å². The second-order valence-corrected chi connectivity index (χ2v) is 4.03. The summed E-state index contributed by atoms with van der Waals surface area (Å²) in [6.07, 6.45) is 0. The zero-order valence-corrected chi connectivity index (χ0v) is 9.91. The molecule has 0 spiro atoms. The first-order valence-corrected chi connectivity index (χ1v) is 5.42. The van der Waals surface area contributed by atoms with Crippen molar-refractivity contribution in [2.75, 3.05) is 12.4 Å². The summed E-state index contributed by atoms with van der Waals surface area (Å²) in [6, 6.07) is 12.5. The second kappa shape index (κ2) is 4.35. The summed E-state index contributed by atoms with van der Waals surface area (Å²) in [5, 5.41) is 3.06. The van der Waals surface area contributed by atoms with Crippen LogP contribution in [0.5, 0.6) is 0 Å². The molecule has 0 fully saturated rings. The van der Waals surface area contributed by atoms with E-state index in [1.54, 1.807) is 0 Å². The summed E-state index contributed by atoms with van der Waals surface area (Å²) in [5.74, 6) is 0.900. The average Bonchev–Trinajstić information content (AvgIpc) is 2.28. The van der Waals surface area contributed by atoms with Crippen LogP contribution in [0, 0.1) is 13.8 Å². The number of anilines is 1. The van der Waals surface area contributed by atoms with Gasteiger partial charge in [0.1, 0.15) is 5.82 Å². The highest BCUT2D eigenvalue weighted by Crippen LogP contribution is 2.21. The van der Waals surface area contributed by atoms with E-state index in [4.69, 9.17) is 0 Å². The topological polar surface area (TPSA) is 24.9 Å². The van der Waals surface area contributed by atoms with Crippen molar-refractivity contribution in [3.05, 3.63) is 47.5 Å². The number of nitrogens with one attached hydrogen (secondary N) is 1. The van der Waals surface area contributed by atoms with Crippen molar-refractivity contribution in [2.45, 2.75) is 13.8 Å². The van der Waals surface area contributed by atoms with Gasteiger partial charge in [-0.25, -0.2) is 4.98 Å². The van der Waals surface area contributed by atoms with Crippen molar-refractivity contribution in [1.29, 1.82) is 0 Å². The quantitative estimate of drug-likeness (QED) is 0.825. The van der Waals surface area contributed by atoms with Gasteiger partial charge in [0, 0.05) is 12.6 Å². The normalized spacial score (nSPS) is 10.2. The van der Waals surface area contributed by atoms with E-state index < -0.39 is 0 Å². The number of aryl methyl sites for hydroxylation is 2. The summed E-state index contributed by atoms with van der Waals surface area (Å²) in [7, 11) is 1.88. The third-order valence-electron chi connectivity index (χ3n) is 2.52. The Hall–Kier alpha value is -1.83. The first-order valence-electron chi connectivity index (χ1n) is 5.42. The molecule has 0 aliphatic heterocycles. The molecule has 0 atom stereocenters. The van der Waals surface area contributed by atoms with Crippen LogP contribution in [0.4, 0.5) is 5.82 Å². The van der Waals surface area contributed by atoms with Crippen LogP contribution in [0.25, 0.3) is 11.3 Å². The van der Waals surface area contributed by atoms with Gasteiger partial charge in [-0.05, 0) is 38.1 Å². The predicted molar refractivity (Wildman–Crippen MR) is 68.7 cm³/mol. The lowest BCUT2D eigenvalue weighted by molar-refractivity contribution is 1.27. The molecule has 0 aliphatic rings. The summed E-state index contributed by atoms with van der Waals surface area (Å²) in [5.41, 5.74) is 4.73. The number of nitrogens with zero attached hydrogens (tertiary/aromatic N) is 1. The predicted octanol–water partition coefficient (Wildman–Crippen LogP) is 3.41. The Kier molecular flexibility index (Phi) is 2.91. The third kappa shape index (κ3) is 2.22. The van der Waals surface area contributed by atoms with Crippen molar-refractivity contribution >= 4 is 5.82 Å². The Bertz CT molecular complexity index is 484. The zero-order valence-electron chi connectivity index (χ0n) is 9.91. The molecule has 0 aliphatic carbocycles. The molecular weight excluding hydrogens is 196 g/mol. The number of benzene rings is 1. The fraction of sp³-hybridized carbons (Fsp3) is 0.214. The van der Waals surface area contributed by atoms with Gasteiger partial charge in [0.25, 0.3) is 0 Å². The van der Waals surface area contributed by atoms with Gasteiger partial charge in [-0.2, -0.15) is 0 Å². The molecule has 0 bridgehead atoms. The van der Waals surface area contributed by atoms with Crippen LogP contribution in [-0.4, -0.2) is 12.0 Å². The van der Waals surface area contributed by atoms with Gasteiger partial charge >= 0.3 is 0 Å². The minimum atomic E-state index is 0.900. The molecule has 16 heavy (non-hydrogen) atoms. The summed E-state index contributed by atoms with van der Waals surface area (Å²) >= 11 is 0. The highest BCUT2D eigenvalue weighted by molar-refractivity contribution is 5.63. The fourth-order valence-electron chi connectivity index (χ4n) is 1.86. The molecule has 0 amide bonds. The van der Waals surface area contributed by atoms with Gasteiger partial charge in [0.15, 0.2) is 0 Å². The fourth-order valence-corrected chi connectivity index (χ4v) is 1.86. The number of aromatic nitrogens is 1. The monoisotopic (exact) mass is 212 g/mol. The number of hydrogen-bond donors (Lipinski definition) is 1. The van der Waals surface area contributed by atoms with Crippen molar-refractivity contribution in [2.24, 2.45) is 0 Å². The van der Waals surface area contributed by atoms with Gasteiger partial charge in [-0.15, -0.1) is 0 Å². The van der Waals surface area contributed by atoms with Crippen molar-refractivity contribution in [3.8, 4) is 11.3 Å². The van der Waals surface area contributed by atoms with Gasteiger partial charge < -0.3 is 5.32 Å². The molecule has 1 aromatic heterocycles. The second-order valence-electron chi connectivity index (χ2n) is 4.03. The Morgan fingerprint density at radius 3 is 2.31 bits per heavy atom. The Morgan fingerprint density at radius 2 is 1.69 bits per heavy atom. The molecule has 0 saturated carbocycles. The van der Waals surface area contributed by atoms with Crippen LogP contribution in [0.2, 0.25) is 0 Å². The maximum absolute atomic E-state index is 4.53. The molecule has 0 radical (unpaired) electrons. The average molecular weight is 212 g/mol. The maximum atomic E-state index is 4.53. The molecule has 1 N–H and O–H groups in total. The highest BCUT2D eigenvalue weighted by Gasteiger charge is 2.01. The first-order chi connectivity index (χ1) is 7.69. The van der Waals surface area contributed by atoms with Gasteiger partial charge in [-0.3, -0.25) is 0 Å². The zero-order chi connectivity index (χ0) is 11.5. The van der Waals surface area contributed by atoms with Gasteiger partial charge in [0.05, 0.1) is 5.69 Å². The minimum absolute atomic E-state index is 0.900. The number of pyridine rings is 1. The lowest BCUT2D eigenvalue weighted by Gasteiger charge is -2.06. The van der Waals surface area contributed by atoms with E-state index in [0.717, 1.165) is 11.5 Å². The van der Waals surface area contributed by atoms with Crippen LogP contribution in [0.15, 0.2) is 36.4 Å². The van der Waals surface area contributed by atoms with E-state index in [9.17, 15) is 0 Å². The SMILES string of the molecule is CNc1cccc(-c2cc(C)cc(C)c2)n1. The molecule has 2 rings (SSSR count). The van der Waals surface area contributed by atoms with Gasteiger partial charge in [-0.1, -0.05) is 23.3 Å². The molecule has 2 aromatic rings. The van der Waals surface area contributed by atoms with E-state index in [-0.39, 0.29) is 0 Å². The van der Waals surface area contributed by atoms with Gasteiger partial charge in [0.2, 0.25) is 0 Å². The molecule has 1 aromatic carbocycles. The van der Waals surface area contributed by atoms with Crippen LogP contribution < -0.4 is 5.32 Å². The minimum Gasteiger partial charge on any atom is -0.373 e. The van der Waals surface area contributed by atoms with Crippen molar-refractivity contribution in [1.82, 2.24) is 4.98 Å². The maximum Gasteiger partial charge on any atom is 0.126 e. The molecular formula is C14H16N2. The standard InChI is InChI=1S/C14H16N2/c1-10-7-11(2)9-12(8-10)13-5-4-6-14(15-3)16-13/h4-9H,1-3H3,(H,15,16). The largest absolute Gasteiger partial charge is 0.373 e. The van der Waals surface area contributed by atoms with Crippen LogP contribution in [-0.2, 0) is 0 Å². The Balaban J connectivity index is 2.49. The van der Waals surface area contributed by atoms with E-state index in [0.29, 0.717) is 0 Å². The Morgan fingerprint density at radius 1 is 1.00 bits per heavy atom. The number of hydrogen-bond acceptors (Lipinski definition) is 2. The van der Waals surface area contributed by atoms with E-state index in [1.807, 2.05) is 25.2 Å². The summed E-state index contributed by atoms with van der Waals surface area (Å²) in [4.78, 5) is 4.53. The van der Waals surface area contributed by atoms with Crippen LogP contribution in [0.1, 0.15) is 11.1 Å². The van der Waals surface area contributed by atoms with Crippen LogP contribution in [0.3, 0.4) is 0 Å². The Labute approximate surface area is 96.4 Å². The molecule has 1 heterocycles. The first kappa shape index (κ1) is 10.7. The number of rotatable bonds is 2. The lowest BCUT2D eigenvalue weighted by Crippen LogP contribution is -1.93. The lowest BCUT2D eigenvalue weighted by atomic mass is 10.0. The molecule has 0 unspecified atom stereocenters. The third-order valence-corrected chi connectivity index (χ3v) is 2.52.